The molecule has 4 saturated heterocycles. The number of piperidine rings is 2. The lowest BCUT2D eigenvalue weighted by Gasteiger charge is -2.40. The smallest absolute Gasteiger partial charge is 0.255 e. The first-order valence-corrected chi connectivity index (χ1v) is 20.5. The number of likely N-dealkylation sites (tertiary alicyclic amines) is 1. The van der Waals surface area contributed by atoms with E-state index in [0.29, 0.717) is 50.7 Å². The van der Waals surface area contributed by atoms with Gasteiger partial charge >= 0.3 is 0 Å². The quantitative estimate of drug-likeness (QED) is 0.338. The number of amides is 3. The van der Waals surface area contributed by atoms with E-state index in [9.17, 15) is 22.8 Å². The molecule has 4 aliphatic rings. The van der Waals surface area contributed by atoms with Crippen LogP contribution in [0.5, 0.6) is 11.5 Å². The zero-order valence-electron chi connectivity index (χ0n) is 31.1. The summed E-state index contributed by atoms with van der Waals surface area (Å²) in [6, 6.07) is 9.01. The van der Waals surface area contributed by atoms with Crippen LogP contribution >= 0.6 is 11.6 Å². The molecule has 0 radical (unpaired) electrons. The van der Waals surface area contributed by atoms with Crippen LogP contribution in [0.1, 0.15) is 67.8 Å². The Morgan fingerprint density at radius 3 is 2.25 bits per heavy atom. The molecule has 4 fully saturated rings. The minimum absolute atomic E-state index is 0.0287. The van der Waals surface area contributed by atoms with E-state index in [4.69, 9.17) is 25.8 Å². The number of fused-ring (bicyclic) bond motifs is 2. The number of ether oxygens (including phenoxy) is 3. The van der Waals surface area contributed by atoms with Crippen LogP contribution in [0.3, 0.4) is 0 Å². The second-order valence-electron chi connectivity index (χ2n) is 14.5. The summed E-state index contributed by atoms with van der Waals surface area (Å²) < 4.78 is 44.8. The summed E-state index contributed by atoms with van der Waals surface area (Å²) in [7, 11) is -1.04. The van der Waals surface area contributed by atoms with Crippen molar-refractivity contribution in [1.29, 1.82) is 0 Å². The molecule has 0 spiro atoms. The van der Waals surface area contributed by atoms with Gasteiger partial charge in [-0.1, -0.05) is 17.7 Å². The lowest BCUT2D eigenvalue weighted by molar-refractivity contribution is -0.133. The third-order valence-electron chi connectivity index (χ3n) is 11.3. The predicted molar refractivity (Wildman–Crippen MR) is 201 cm³/mol. The number of carbonyl (C=O) groups is 3. The topological polar surface area (TPSA) is 138 Å². The minimum Gasteiger partial charge on any atom is -0.493 e. The first-order chi connectivity index (χ1) is 25.4. The van der Waals surface area contributed by atoms with Gasteiger partial charge in [-0.25, -0.2) is 8.42 Å². The van der Waals surface area contributed by atoms with Crippen molar-refractivity contribution in [3.8, 4) is 11.5 Å². The fourth-order valence-corrected chi connectivity index (χ4v) is 10.0. The standard InChI is InChI=1S/C38H52ClN5O8S/c1-25-6-7-31(22-34(25)39)44(38(47)27-10-14-41(15-11-27)26(2)45)13-5-12-43-29-8-9-30(43)21-28(20-29)40-37(46)33-23-32(24-35(50-3)36(33)51-4)53(48,49)42-16-18-52-19-17-42/h6-7,22-24,27-30H,5,8-21H2,1-4H3,(H,40,46). The zero-order valence-corrected chi connectivity index (χ0v) is 32.7. The van der Waals surface area contributed by atoms with Gasteiger partial charge in [-0.15, -0.1) is 0 Å². The van der Waals surface area contributed by atoms with Gasteiger partial charge in [0.25, 0.3) is 5.91 Å². The zero-order chi connectivity index (χ0) is 37.9. The molecule has 53 heavy (non-hydrogen) atoms. The molecule has 2 unspecified atom stereocenters. The van der Waals surface area contributed by atoms with Crippen molar-refractivity contribution >= 4 is 45.0 Å². The summed E-state index contributed by atoms with van der Waals surface area (Å²) in [5, 5.41) is 3.81. The number of aryl methyl sites for hydroxylation is 1. The summed E-state index contributed by atoms with van der Waals surface area (Å²) in [6.07, 6.45) is 5.62. The molecular weight excluding hydrogens is 722 g/mol. The molecule has 0 saturated carbocycles. The third-order valence-corrected chi connectivity index (χ3v) is 13.6. The number of halogens is 1. The van der Waals surface area contributed by atoms with E-state index in [1.807, 2.05) is 30.0 Å². The Labute approximate surface area is 317 Å². The molecule has 2 aromatic rings. The Morgan fingerprint density at radius 1 is 0.962 bits per heavy atom. The molecule has 0 aliphatic carbocycles. The van der Waals surface area contributed by atoms with Gasteiger partial charge in [0.2, 0.25) is 21.8 Å². The molecule has 2 atom stereocenters. The van der Waals surface area contributed by atoms with Gasteiger partial charge in [-0.05, 0) is 75.6 Å². The number of nitrogens with one attached hydrogen (secondary N) is 1. The Kier molecular flexibility index (Phi) is 12.5. The van der Waals surface area contributed by atoms with Crippen LogP contribution in [-0.2, 0) is 24.3 Å². The number of nitrogens with zero attached hydrogens (tertiary/aromatic N) is 4. The van der Waals surface area contributed by atoms with Crippen molar-refractivity contribution in [3.63, 3.8) is 0 Å². The number of hydrogen-bond donors (Lipinski definition) is 1. The Hall–Kier alpha value is -3.43. The first-order valence-electron chi connectivity index (χ1n) is 18.6. The average molecular weight is 774 g/mol. The number of hydrogen-bond acceptors (Lipinski definition) is 9. The summed E-state index contributed by atoms with van der Waals surface area (Å²) >= 11 is 6.52. The molecule has 2 bridgehead atoms. The van der Waals surface area contributed by atoms with Crippen LogP contribution in [0.4, 0.5) is 5.69 Å². The number of rotatable bonds is 12. The van der Waals surface area contributed by atoms with Crippen LogP contribution in [0.2, 0.25) is 5.02 Å². The molecule has 15 heteroatoms. The van der Waals surface area contributed by atoms with Gasteiger partial charge in [0.1, 0.15) is 0 Å². The molecule has 1 N–H and O–H groups in total. The molecule has 4 heterocycles. The van der Waals surface area contributed by atoms with E-state index in [-0.39, 0.29) is 70.9 Å². The van der Waals surface area contributed by atoms with Gasteiger partial charge in [-0.3, -0.25) is 19.3 Å². The van der Waals surface area contributed by atoms with Crippen molar-refractivity contribution in [2.45, 2.75) is 81.8 Å². The highest BCUT2D eigenvalue weighted by molar-refractivity contribution is 7.89. The monoisotopic (exact) mass is 773 g/mol. The van der Waals surface area contributed by atoms with Gasteiger partial charge in [0.05, 0.1) is 37.9 Å². The van der Waals surface area contributed by atoms with E-state index < -0.39 is 15.9 Å². The normalized spacial score (nSPS) is 22.7. The summed E-state index contributed by atoms with van der Waals surface area (Å²) in [5.41, 5.74) is 1.85. The first kappa shape index (κ1) is 39.3. The number of anilines is 1. The number of sulfonamides is 1. The highest BCUT2D eigenvalue weighted by atomic mass is 35.5. The second-order valence-corrected chi connectivity index (χ2v) is 16.9. The fraction of sp³-hybridized carbons (Fsp3) is 0.605. The van der Waals surface area contributed by atoms with Gasteiger partial charge in [0, 0.05) is 87.0 Å². The molecule has 13 nitrogen and oxygen atoms in total. The van der Waals surface area contributed by atoms with Gasteiger partial charge in [-0.2, -0.15) is 4.31 Å². The molecular formula is C38H52ClN5O8S. The Morgan fingerprint density at radius 2 is 1.64 bits per heavy atom. The maximum Gasteiger partial charge on any atom is 0.255 e. The molecule has 2 aromatic carbocycles. The SMILES string of the molecule is COc1cc(S(=O)(=O)N2CCOCC2)cc(C(=O)NC2CC3CCC(C2)N3CCCN(C(=O)C2CCN(C(C)=O)CC2)c2ccc(C)c(Cl)c2)c1OC. The number of carbonyl (C=O) groups excluding carboxylic acids is 3. The van der Waals surface area contributed by atoms with E-state index in [1.165, 1.54) is 30.7 Å². The van der Waals surface area contributed by atoms with Crippen molar-refractivity contribution in [3.05, 3.63) is 46.5 Å². The van der Waals surface area contributed by atoms with E-state index in [0.717, 1.165) is 49.9 Å². The fourth-order valence-electron chi connectivity index (χ4n) is 8.40. The van der Waals surface area contributed by atoms with Crippen molar-refractivity contribution in [2.75, 3.05) is 71.6 Å². The van der Waals surface area contributed by atoms with Crippen molar-refractivity contribution in [2.24, 2.45) is 5.92 Å². The maximum absolute atomic E-state index is 14.0. The van der Waals surface area contributed by atoms with Gasteiger partial charge < -0.3 is 29.3 Å². The summed E-state index contributed by atoms with van der Waals surface area (Å²) in [6.45, 7) is 7.13. The predicted octanol–water partition coefficient (Wildman–Crippen LogP) is 4.09. The van der Waals surface area contributed by atoms with Crippen molar-refractivity contribution < 1.29 is 37.0 Å². The third kappa shape index (κ3) is 8.62. The summed E-state index contributed by atoms with van der Waals surface area (Å²) in [5.74, 6) is -0.0860. The van der Waals surface area contributed by atoms with Crippen LogP contribution < -0.4 is 19.7 Å². The molecule has 290 valence electrons. The molecule has 3 amide bonds. The van der Waals surface area contributed by atoms with Crippen LogP contribution in [0.15, 0.2) is 35.2 Å². The minimum atomic E-state index is -3.89. The highest BCUT2D eigenvalue weighted by Crippen LogP contribution is 2.38. The highest BCUT2D eigenvalue weighted by Gasteiger charge is 2.41. The van der Waals surface area contributed by atoms with E-state index >= 15 is 0 Å². The van der Waals surface area contributed by atoms with Crippen LogP contribution in [0, 0.1) is 12.8 Å². The van der Waals surface area contributed by atoms with Crippen molar-refractivity contribution in [1.82, 2.24) is 19.4 Å². The number of methoxy groups -OCH3 is 2. The lowest BCUT2D eigenvalue weighted by atomic mass is 9.94. The lowest BCUT2D eigenvalue weighted by Crippen LogP contribution is -2.51. The largest absolute Gasteiger partial charge is 0.493 e. The second kappa shape index (κ2) is 16.9. The van der Waals surface area contributed by atoms with Gasteiger partial charge in [0.15, 0.2) is 11.5 Å². The average Bonchev–Trinajstić information content (AvgIpc) is 3.40. The van der Waals surface area contributed by atoms with Crippen LogP contribution in [-0.4, -0.2) is 125 Å². The van der Waals surface area contributed by atoms with E-state index in [2.05, 4.69) is 10.2 Å². The summed E-state index contributed by atoms with van der Waals surface area (Å²) in [4.78, 5) is 45.9. The van der Waals surface area contributed by atoms with Crippen LogP contribution in [0.25, 0.3) is 0 Å². The maximum atomic E-state index is 14.0. The molecule has 6 rings (SSSR count). The Balaban J connectivity index is 1.10. The molecule has 4 aliphatic heterocycles. The number of morpholine rings is 1. The van der Waals surface area contributed by atoms with E-state index in [1.54, 1.807) is 11.8 Å². The molecule has 0 aromatic heterocycles. The Bertz CT molecular complexity index is 1770. The number of benzene rings is 2.